The summed E-state index contributed by atoms with van der Waals surface area (Å²) in [6, 6.07) is 0. The Morgan fingerprint density at radius 1 is 0.534 bits per heavy atom. The molecule has 0 aromatic heterocycles. The molecule has 0 amide bonds. The zero-order chi connectivity index (χ0) is 42.7. The van der Waals surface area contributed by atoms with Crippen molar-refractivity contribution in [3.8, 4) is 0 Å². The first-order chi connectivity index (χ1) is 28.1. The molecule has 0 fully saturated rings. The van der Waals surface area contributed by atoms with Crippen LogP contribution in [0.25, 0.3) is 0 Å². The summed E-state index contributed by atoms with van der Waals surface area (Å²) < 4.78 is 34.6. The van der Waals surface area contributed by atoms with Gasteiger partial charge in [0.05, 0.1) is 34.4 Å². The summed E-state index contributed by atoms with van der Waals surface area (Å²) in [6.45, 7) is 5.41. The maximum Gasteiger partial charge on any atom is 0.306 e. The number of hydrogen-bond donors (Lipinski definition) is 0. The highest BCUT2D eigenvalue weighted by Crippen LogP contribution is 2.38. The highest BCUT2D eigenvalue weighted by atomic mass is 31.2. The van der Waals surface area contributed by atoms with Crippen molar-refractivity contribution in [2.24, 2.45) is 0 Å². The fourth-order valence-corrected chi connectivity index (χ4v) is 7.40. The van der Waals surface area contributed by atoms with E-state index in [2.05, 4.69) is 50.3 Å². The van der Waals surface area contributed by atoms with Crippen LogP contribution < -0.4 is 4.89 Å². The Hall–Kier alpha value is -1.28. The molecule has 9 heteroatoms. The van der Waals surface area contributed by atoms with Gasteiger partial charge in [0.15, 0.2) is 0 Å². The molecule has 2 atom stereocenters. The van der Waals surface area contributed by atoms with Crippen LogP contribution in [0.15, 0.2) is 36.5 Å². The van der Waals surface area contributed by atoms with Crippen molar-refractivity contribution < 1.29 is 37.3 Å². The average molecular weight is 840 g/mol. The number of rotatable bonds is 45. The molecule has 0 aliphatic rings. The van der Waals surface area contributed by atoms with Crippen LogP contribution in [0.4, 0.5) is 0 Å². The lowest BCUT2D eigenvalue weighted by molar-refractivity contribution is -0.870. The lowest BCUT2D eigenvalue weighted by Crippen LogP contribution is -2.37. The molecule has 0 aromatic carbocycles. The van der Waals surface area contributed by atoms with Crippen molar-refractivity contribution in [2.75, 3.05) is 54.1 Å². The fraction of sp³-hybridized carbons (Fsp3) is 0.857. The number of carbonyl (C=O) groups excluding carboxylic acids is 1. The van der Waals surface area contributed by atoms with Gasteiger partial charge in [0.25, 0.3) is 7.82 Å². The largest absolute Gasteiger partial charge is 0.756 e. The number of likely N-dealkylation sites (N-methyl/N-ethyl adjacent to an activating group) is 1. The number of carbonyl (C=O) groups is 1. The third kappa shape index (κ3) is 45.8. The normalized spacial score (nSPS) is 14.0. The monoisotopic (exact) mass is 840 g/mol. The van der Waals surface area contributed by atoms with Gasteiger partial charge in [0, 0.05) is 13.0 Å². The number of hydrogen-bond acceptors (Lipinski definition) is 7. The smallest absolute Gasteiger partial charge is 0.306 e. The number of unbranched alkanes of at least 4 members (excludes halogenated alkanes) is 25. The highest BCUT2D eigenvalue weighted by Gasteiger charge is 2.20. The molecule has 58 heavy (non-hydrogen) atoms. The van der Waals surface area contributed by atoms with E-state index in [-0.39, 0.29) is 25.8 Å². The minimum absolute atomic E-state index is 0.0263. The van der Waals surface area contributed by atoms with Crippen LogP contribution >= 0.6 is 7.82 Å². The molecular weight excluding hydrogens is 746 g/mol. The molecule has 0 saturated carbocycles. The Bertz CT molecular complexity index is 1020. The summed E-state index contributed by atoms with van der Waals surface area (Å²) in [5.41, 5.74) is 0. The first-order valence-electron chi connectivity index (χ1n) is 24.2. The second kappa shape index (κ2) is 42.4. The Labute approximate surface area is 359 Å². The van der Waals surface area contributed by atoms with Crippen molar-refractivity contribution >= 4 is 13.8 Å². The van der Waals surface area contributed by atoms with Crippen LogP contribution in [0.1, 0.15) is 213 Å². The predicted octanol–water partition coefficient (Wildman–Crippen LogP) is 13.9. The molecule has 0 saturated heterocycles. The molecule has 2 unspecified atom stereocenters. The van der Waals surface area contributed by atoms with Gasteiger partial charge in [-0.3, -0.25) is 9.36 Å². The second-order valence-corrected chi connectivity index (χ2v) is 18.9. The number of nitrogens with zero attached hydrogens (tertiary/aromatic N) is 1. The number of phosphoric ester groups is 1. The summed E-state index contributed by atoms with van der Waals surface area (Å²) in [6.07, 6.45) is 50.2. The van der Waals surface area contributed by atoms with E-state index in [4.69, 9.17) is 18.5 Å². The number of phosphoric acid groups is 1. The molecule has 0 radical (unpaired) electrons. The molecule has 0 spiro atoms. The first kappa shape index (κ1) is 56.7. The van der Waals surface area contributed by atoms with Gasteiger partial charge >= 0.3 is 5.97 Å². The van der Waals surface area contributed by atoms with Crippen molar-refractivity contribution in [2.45, 2.75) is 219 Å². The van der Waals surface area contributed by atoms with Gasteiger partial charge in [-0.2, -0.15) is 0 Å². The summed E-state index contributed by atoms with van der Waals surface area (Å²) in [5.74, 6) is -0.337. The van der Waals surface area contributed by atoms with Crippen LogP contribution in [0, 0.1) is 0 Å². The van der Waals surface area contributed by atoms with E-state index < -0.39 is 13.9 Å². The zero-order valence-electron chi connectivity index (χ0n) is 38.7. The Morgan fingerprint density at radius 3 is 1.41 bits per heavy atom. The Kier molecular flexibility index (Phi) is 41.5. The SMILES string of the molecule is CCCCCCC/C=C\C/C=C\C/C=C\CCCCCCCCCCCCC(=O)OC(COCCCCCCCCCCCCC)COP(=O)([O-])OCC[N+](C)(C)C. The number of esters is 1. The summed E-state index contributed by atoms with van der Waals surface area (Å²) >= 11 is 0. The molecule has 8 nitrogen and oxygen atoms in total. The lowest BCUT2D eigenvalue weighted by Gasteiger charge is -2.28. The predicted molar refractivity (Wildman–Crippen MR) is 245 cm³/mol. The summed E-state index contributed by atoms with van der Waals surface area (Å²) in [7, 11) is 1.36. The summed E-state index contributed by atoms with van der Waals surface area (Å²) in [5, 5.41) is 0. The molecule has 0 aromatic rings. The first-order valence-corrected chi connectivity index (χ1v) is 25.7. The zero-order valence-corrected chi connectivity index (χ0v) is 39.6. The summed E-state index contributed by atoms with van der Waals surface area (Å²) in [4.78, 5) is 25.1. The van der Waals surface area contributed by atoms with Gasteiger partial charge in [-0.1, -0.05) is 192 Å². The van der Waals surface area contributed by atoms with E-state index in [0.29, 0.717) is 24.1 Å². The molecule has 0 aliphatic heterocycles. The lowest BCUT2D eigenvalue weighted by atomic mass is 10.0. The van der Waals surface area contributed by atoms with E-state index in [9.17, 15) is 14.3 Å². The standard InChI is InChI=1S/C49H94NO7P/c1-6-8-10-12-14-16-18-19-20-21-22-23-24-25-26-27-28-29-30-31-32-34-36-38-40-42-49(51)57-48(47-56-58(52,53)55-45-43-50(3,4)5)46-54-44-41-39-37-35-33-17-15-13-11-9-7-2/h18-19,21-22,24-25,48H,6-17,20,23,26-47H2,1-5H3/b19-18-,22-21-,25-24-. The van der Waals surface area contributed by atoms with Crippen molar-refractivity contribution in [1.29, 1.82) is 0 Å². The van der Waals surface area contributed by atoms with Crippen LogP contribution in [0.3, 0.4) is 0 Å². The average Bonchev–Trinajstić information content (AvgIpc) is 3.18. The van der Waals surface area contributed by atoms with E-state index >= 15 is 0 Å². The number of quaternary nitrogens is 1. The van der Waals surface area contributed by atoms with Crippen LogP contribution in [0.2, 0.25) is 0 Å². The molecular formula is C49H94NO7P. The fourth-order valence-electron chi connectivity index (χ4n) is 6.67. The molecule has 0 rings (SSSR count). The minimum Gasteiger partial charge on any atom is -0.756 e. The van der Waals surface area contributed by atoms with E-state index in [1.807, 2.05) is 21.1 Å². The molecule has 0 heterocycles. The molecule has 0 aliphatic carbocycles. The maximum atomic E-state index is 12.7. The minimum atomic E-state index is -4.52. The third-order valence-electron chi connectivity index (χ3n) is 10.4. The van der Waals surface area contributed by atoms with Gasteiger partial charge in [0.1, 0.15) is 19.3 Å². The number of allylic oxidation sites excluding steroid dienone is 6. The van der Waals surface area contributed by atoms with Crippen molar-refractivity contribution in [3.05, 3.63) is 36.5 Å². The van der Waals surface area contributed by atoms with Crippen molar-refractivity contribution in [3.63, 3.8) is 0 Å². The van der Waals surface area contributed by atoms with Gasteiger partial charge in [0.2, 0.25) is 0 Å². The van der Waals surface area contributed by atoms with Crippen molar-refractivity contribution in [1.82, 2.24) is 0 Å². The number of ether oxygens (including phenoxy) is 2. The van der Waals surface area contributed by atoms with Gasteiger partial charge in [-0.05, 0) is 51.4 Å². The highest BCUT2D eigenvalue weighted by molar-refractivity contribution is 7.45. The molecule has 0 bridgehead atoms. The Balaban J connectivity index is 4.09. The van der Waals surface area contributed by atoms with Gasteiger partial charge in [-0.15, -0.1) is 0 Å². The van der Waals surface area contributed by atoms with E-state index in [1.54, 1.807) is 0 Å². The van der Waals surface area contributed by atoms with Crippen LogP contribution in [0.5, 0.6) is 0 Å². The Morgan fingerprint density at radius 2 is 0.948 bits per heavy atom. The van der Waals surface area contributed by atoms with E-state index in [0.717, 1.165) is 44.9 Å². The van der Waals surface area contributed by atoms with E-state index in [1.165, 1.54) is 148 Å². The van der Waals surface area contributed by atoms with Gasteiger partial charge in [-0.25, -0.2) is 0 Å². The third-order valence-corrected chi connectivity index (χ3v) is 11.4. The van der Waals surface area contributed by atoms with Gasteiger partial charge < -0.3 is 27.9 Å². The van der Waals surface area contributed by atoms with Crippen LogP contribution in [-0.4, -0.2) is 70.7 Å². The quantitative estimate of drug-likeness (QED) is 0.0198. The van der Waals surface area contributed by atoms with Crippen LogP contribution in [-0.2, 0) is 27.9 Å². The molecule has 342 valence electrons. The second-order valence-electron chi connectivity index (χ2n) is 17.5. The topological polar surface area (TPSA) is 94.1 Å². The maximum absolute atomic E-state index is 12.7. The molecule has 0 N–H and O–H groups in total.